The van der Waals surface area contributed by atoms with E-state index in [9.17, 15) is 19.5 Å². The number of nitrogens with one attached hydrogen (secondary N) is 2. The Hall–Kier alpha value is -2.07. The Morgan fingerprint density at radius 1 is 1.19 bits per heavy atom. The largest absolute Gasteiger partial charge is 0.394 e. The third kappa shape index (κ3) is 4.14. The quantitative estimate of drug-likeness (QED) is 0.430. The fraction of sp³-hybridized carbons (Fsp3) is 0.423. The molecule has 3 amide bonds. The second-order valence-corrected chi connectivity index (χ2v) is 12.7. The van der Waals surface area contributed by atoms with Gasteiger partial charge in [-0.05, 0) is 42.7 Å². The van der Waals surface area contributed by atoms with Crippen LogP contribution in [0.1, 0.15) is 12.0 Å². The molecule has 5 rings (SSSR count). The van der Waals surface area contributed by atoms with Crippen LogP contribution in [0.4, 0.5) is 5.69 Å². The van der Waals surface area contributed by atoms with Gasteiger partial charge in [0.05, 0.1) is 29.2 Å². The van der Waals surface area contributed by atoms with Crippen molar-refractivity contribution in [2.24, 2.45) is 11.8 Å². The number of nitrogens with zero attached hydrogens (tertiary/aromatic N) is 1. The summed E-state index contributed by atoms with van der Waals surface area (Å²) in [6, 6.07) is 14.9. The van der Waals surface area contributed by atoms with Crippen LogP contribution in [0.3, 0.4) is 0 Å². The number of halogens is 2. The van der Waals surface area contributed by atoms with Gasteiger partial charge in [-0.2, -0.15) is 0 Å². The second kappa shape index (κ2) is 10.0. The molecule has 3 fully saturated rings. The highest BCUT2D eigenvalue weighted by Crippen LogP contribution is 2.68. The second-order valence-electron chi connectivity index (χ2n) is 9.55. The van der Waals surface area contributed by atoms with Gasteiger partial charge in [0.15, 0.2) is 0 Å². The normalized spacial score (nSPS) is 31.3. The van der Waals surface area contributed by atoms with E-state index in [1.807, 2.05) is 30.3 Å². The molecular formula is C26H27BrClN3O4S. The summed E-state index contributed by atoms with van der Waals surface area (Å²) in [5.74, 6) is -1.97. The molecule has 3 aliphatic rings. The van der Waals surface area contributed by atoms with Crippen LogP contribution in [-0.2, 0) is 20.8 Å². The van der Waals surface area contributed by atoms with E-state index in [-0.39, 0.29) is 34.4 Å². The van der Waals surface area contributed by atoms with Crippen LogP contribution in [0.25, 0.3) is 0 Å². The first kappa shape index (κ1) is 25.6. The molecule has 3 saturated heterocycles. The zero-order valence-electron chi connectivity index (χ0n) is 19.6. The van der Waals surface area contributed by atoms with Gasteiger partial charge < -0.3 is 20.6 Å². The lowest BCUT2D eigenvalue weighted by atomic mass is 9.70. The van der Waals surface area contributed by atoms with Crippen molar-refractivity contribution in [1.29, 1.82) is 0 Å². The topological polar surface area (TPSA) is 98.7 Å². The van der Waals surface area contributed by atoms with Crippen LogP contribution >= 0.6 is 39.3 Å². The molecule has 2 aromatic carbocycles. The van der Waals surface area contributed by atoms with Crippen LogP contribution in [0.5, 0.6) is 0 Å². The number of aliphatic hydroxyl groups is 1. The zero-order valence-corrected chi connectivity index (χ0v) is 22.7. The van der Waals surface area contributed by atoms with Gasteiger partial charge in [-0.25, -0.2) is 0 Å². The average Bonchev–Trinajstić information content (AvgIpc) is 3.47. The summed E-state index contributed by atoms with van der Waals surface area (Å²) in [4.78, 5) is 42.6. The Morgan fingerprint density at radius 2 is 1.89 bits per heavy atom. The molecule has 7 nitrogen and oxygen atoms in total. The summed E-state index contributed by atoms with van der Waals surface area (Å²) in [6.07, 6.45) is 0.970. The molecule has 1 spiro atoms. The summed E-state index contributed by atoms with van der Waals surface area (Å²) in [5.41, 5.74) is 1.52. The third-order valence-corrected chi connectivity index (χ3v) is 11.0. The van der Waals surface area contributed by atoms with Crippen molar-refractivity contribution >= 4 is 62.7 Å². The first-order chi connectivity index (χ1) is 17.3. The van der Waals surface area contributed by atoms with Crippen molar-refractivity contribution in [3.63, 3.8) is 0 Å². The number of thioether (sulfide) groups is 1. The summed E-state index contributed by atoms with van der Waals surface area (Å²) in [7, 11) is 1.57. The molecule has 3 heterocycles. The number of carbonyl (C=O) groups excluding carboxylic acids is 3. The lowest BCUT2D eigenvalue weighted by Crippen LogP contribution is -2.55. The molecule has 0 radical (unpaired) electrons. The summed E-state index contributed by atoms with van der Waals surface area (Å²) >= 11 is 11.3. The summed E-state index contributed by atoms with van der Waals surface area (Å²) < 4.78 is -0.784. The highest BCUT2D eigenvalue weighted by molar-refractivity contribution is 9.09. The number of anilines is 1. The van der Waals surface area contributed by atoms with Crippen molar-refractivity contribution < 1.29 is 19.5 Å². The SMILES string of the molecule is CNC(=O)[C@H]1[C@H]2C(=O)N([C@@H](CO)Cc3ccccc3)C(C(=O)Nc3ccc(Cl)cc3)C23CC(Br)[C@@H]1S3. The van der Waals surface area contributed by atoms with Gasteiger partial charge in [-0.3, -0.25) is 14.4 Å². The van der Waals surface area contributed by atoms with Crippen molar-refractivity contribution in [2.45, 2.75) is 39.7 Å². The number of hydrogen-bond donors (Lipinski definition) is 3. The van der Waals surface area contributed by atoms with E-state index in [1.165, 1.54) is 0 Å². The Bertz CT molecular complexity index is 1170. The molecule has 2 bridgehead atoms. The minimum Gasteiger partial charge on any atom is -0.394 e. The van der Waals surface area contributed by atoms with Crippen LogP contribution < -0.4 is 10.6 Å². The molecular weight excluding hydrogens is 566 g/mol. The van der Waals surface area contributed by atoms with Gasteiger partial charge in [0.25, 0.3) is 0 Å². The lowest BCUT2D eigenvalue weighted by molar-refractivity contribution is -0.141. The molecule has 10 heteroatoms. The Labute approximate surface area is 227 Å². The molecule has 2 aromatic rings. The standard InChI is InChI=1S/C26H27BrClN3O4S/c1-29-23(33)19-20-25(35)31(17(13-32)11-14-5-3-2-4-6-14)22(26(20)12-18(27)21(19)36-26)24(34)30-16-9-7-15(28)8-10-16/h2-10,17-22,32H,11-13H2,1H3,(H,29,33)(H,30,34)/t17-,18?,19+,20+,21+,22?,26?/m1/s1. The molecule has 0 aromatic heterocycles. The van der Waals surface area contributed by atoms with Gasteiger partial charge in [0, 0.05) is 27.8 Å². The van der Waals surface area contributed by atoms with Crippen LogP contribution in [-0.4, -0.2) is 68.3 Å². The molecule has 3 unspecified atom stereocenters. The minimum atomic E-state index is -0.851. The molecule has 36 heavy (non-hydrogen) atoms. The molecule has 0 aliphatic carbocycles. The number of hydrogen-bond acceptors (Lipinski definition) is 5. The maximum absolute atomic E-state index is 14.1. The van der Waals surface area contributed by atoms with Gasteiger partial charge >= 0.3 is 0 Å². The number of amides is 3. The van der Waals surface area contributed by atoms with E-state index >= 15 is 0 Å². The third-order valence-electron chi connectivity index (χ3n) is 7.55. The smallest absolute Gasteiger partial charge is 0.248 e. The van der Waals surface area contributed by atoms with Crippen LogP contribution in [0, 0.1) is 11.8 Å². The van der Waals surface area contributed by atoms with E-state index in [4.69, 9.17) is 11.6 Å². The Morgan fingerprint density at radius 3 is 2.53 bits per heavy atom. The van der Waals surface area contributed by atoms with Gasteiger partial charge in [0.1, 0.15) is 6.04 Å². The highest BCUT2D eigenvalue weighted by Gasteiger charge is 2.76. The van der Waals surface area contributed by atoms with Gasteiger partial charge in [0.2, 0.25) is 17.7 Å². The molecule has 0 saturated carbocycles. The number of fused-ring (bicyclic) bond motifs is 1. The Balaban J connectivity index is 1.56. The lowest BCUT2D eigenvalue weighted by Gasteiger charge is -2.37. The minimum absolute atomic E-state index is 0.0127. The van der Waals surface area contributed by atoms with Crippen molar-refractivity contribution in [2.75, 3.05) is 19.0 Å². The first-order valence-electron chi connectivity index (χ1n) is 11.9. The van der Waals surface area contributed by atoms with E-state index < -0.39 is 28.7 Å². The average molecular weight is 593 g/mol. The maximum atomic E-state index is 14.1. The number of carbonyl (C=O) groups is 3. The predicted octanol–water partition coefficient (Wildman–Crippen LogP) is 3.09. The van der Waals surface area contributed by atoms with E-state index in [1.54, 1.807) is 48.0 Å². The molecule has 7 atom stereocenters. The number of likely N-dealkylation sites (tertiary alicyclic amines) is 1. The molecule has 190 valence electrons. The fourth-order valence-electron chi connectivity index (χ4n) is 6.11. The van der Waals surface area contributed by atoms with Crippen molar-refractivity contribution in [3.05, 3.63) is 65.2 Å². The number of alkyl halides is 1. The molecule has 3 N–H and O–H groups in total. The van der Waals surface area contributed by atoms with E-state index in [0.717, 1.165) is 5.56 Å². The number of aliphatic hydroxyl groups excluding tert-OH is 1. The van der Waals surface area contributed by atoms with Gasteiger partial charge in [-0.15, -0.1) is 11.8 Å². The Kier molecular flexibility index (Phi) is 7.11. The molecule has 3 aliphatic heterocycles. The maximum Gasteiger partial charge on any atom is 0.248 e. The number of rotatable bonds is 7. The first-order valence-corrected chi connectivity index (χ1v) is 14.0. The zero-order chi connectivity index (χ0) is 25.6. The van der Waals surface area contributed by atoms with Crippen LogP contribution in [0.2, 0.25) is 5.02 Å². The van der Waals surface area contributed by atoms with Crippen molar-refractivity contribution in [3.8, 4) is 0 Å². The van der Waals surface area contributed by atoms with Gasteiger partial charge in [-0.1, -0.05) is 57.9 Å². The monoisotopic (exact) mass is 591 g/mol. The highest BCUT2D eigenvalue weighted by atomic mass is 79.9. The summed E-state index contributed by atoms with van der Waals surface area (Å²) in [6.45, 7) is -0.301. The fourth-order valence-corrected chi connectivity index (χ4v) is 9.83. The summed E-state index contributed by atoms with van der Waals surface area (Å²) in [5, 5.41) is 16.6. The van der Waals surface area contributed by atoms with E-state index in [2.05, 4.69) is 26.6 Å². The van der Waals surface area contributed by atoms with Crippen molar-refractivity contribution in [1.82, 2.24) is 10.2 Å². The number of benzene rings is 2. The predicted molar refractivity (Wildman–Crippen MR) is 144 cm³/mol. The van der Waals surface area contributed by atoms with Crippen LogP contribution in [0.15, 0.2) is 54.6 Å². The van der Waals surface area contributed by atoms with E-state index in [0.29, 0.717) is 23.6 Å².